The molecular weight excluding hydrogens is 505 g/mol. The first-order chi connectivity index (χ1) is 18.8. The van der Waals surface area contributed by atoms with Gasteiger partial charge >= 0.3 is 11.8 Å². The monoisotopic (exact) mass is 527 g/mol. The Morgan fingerprint density at radius 1 is 1.03 bits per heavy atom. The number of aromatic nitrogens is 4. The van der Waals surface area contributed by atoms with Crippen LogP contribution in [-0.2, 0) is 0 Å². The molecule has 5 rings (SSSR count). The summed E-state index contributed by atoms with van der Waals surface area (Å²) in [5.74, 6) is -0.127. The molecule has 0 saturated carbocycles. The molecule has 0 bridgehead atoms. The lowest BCUT2D eigenvalue weighted by Crippen LogP contribution is -2.22. The van der Waals surface area contributed by atoms with E-state index in [4.69, 9.17) is 4.74 Å². The van der Waals surface area contributed by atoms with Crippen LogP contribution >= 0.6 is 0 Å². The molecule has 5 aromatic rings. The van der Waals surface area contributed by atoms with Gasteiger partial charge < -0.3 is 20.2 Å². The molecule has 2 N–H and O–H groups in total. The molecule has 12 heteroatoms. The molecule has 0 radical (unpaired) electrons. The van der Waals surface area contributed by atoms with E-state index in [1.54, 1.807) is 16.9 Å². The van der Waals surface area contributed by atoms with E-state index < -0.39 is 16.8 Å². The molecule has 3 heterocycles. The normalized spacial score (nSPS) is 11.0. The molecule has 39 heavy (non-hydrogen) atoms. The summed E-state index contributed by atoms with van der Waals surface area (Å²) in [6.07, 6.45) is 2.89. The van der Waals surface area contributed by atoms with Gasteiger partial charge in [-0.3, -0.25) is 10.3 Å². The number of nitrogens with zero attached hydrogens (tertiary/aromatic N) is 5. The Morgan fingerprint density at radius 3 is 2.59 bits per heavy atom. The summed E-state index contributed by atoms with van der Waals surface area (Å²) in [5, 5.41) is 21.6. The lowest BCUT2D eigenvalue weighted by Gasteiger charge is -2.12. The number of ether oxygens (including phenoxy) is 1. The number of hydrogen-bond acceptors (Lipinski definition) is 7. The van der Waals surface area contributed by atoms with E-state index in [0.29, 0.717) is 5.82 Å². The Bertz CT molecular complexity index is 1690. The number of carbonyl (C=O) groups is 1. The van der Waals surface area contributed by atoms with Gasteiger partial charge in [0.1, 0.15) is 17.4 Å². The van der Waals surface area contributed by atoms with Crippen molar-refractivity contribution in [1.29, 1.82) is 0 Å². The average Bonchev–Trinajstić information content (AvgIpc) is 3.34. The molecule has 0 unspecified atom stereocenters. The van der Waals surface area contributed by atoms with Gasteiger partial charge in [0.25, 0.3) is 0 Å². The van der Waals surface area contributed by atoms with Crippen molar-refractivity contribution in [3.63, 3.8) is 0 Å². The van der Waals surface area contributed by atoms with E-state index in [-0.39, 0.29) is 28.9 Å². The highest BCUT2D eigenvalue weighted by Gasteiger charge is 2.17. The van der Waals surface area contributed by atoms with Crippen LogP contribution in [0.4, 0.5) is 26.5 Å². The standard InChI is InChI=1S/C27H22FN7O4/c1-16(2)23-14-26(34(33-23)18-5-9-22-17(12-18)4-3-11-29-22)32-27(36)31-24-13-19(6-8-21(24)28)39-20-7-10-25(30-15-20)35(37)38/h3-16H,1-2H3,(H2,31,32,36). The quantitative estimate of drug-likeness (QED) is 0.184. The van der Waals surface area contributed by atoms with Crippen LogP contribution in [0, 0.1) is 15.9 Å². The maximum absolute atomic E-state index is 14.5. The number of nitro groups is 1. The van der Waals surface area contributed by atoms with Crippen molar-refractivity contribution >= 4 is 34.3 Å². The Labute approximate surface area is 221 Å². The highest BCUT2D eigenvalue weighted by molar-refractivity contribution is 5.99. The zero-order chi connectivity index (χ0) is 27.5. The number of urea groups is 1. The molecule has 0 fully saturated rings. The molecule has 0 aliphatic heterocycles. The van der Waals surface area contributed by atoms with Crippen LogP contribution < -0.4 is 15.4 Å². The van der Waals surface area contributed by atoms with E-state index in [0.717, 1.165) is 28.4 Å². The van der Waals surface area contributed by atoms with Gasteiger partial charge in [0.05, 0.1) is 22.6 Å². The number of anilines is 2. The fourth-order valence-electron chi connectivity index (χ4n) is 3.77. The van der Waals surface area contributed by atoms with Crippen molar-refractivity contribution in [2.24, 2.45) is 0 Å². The fourth-order valence-corrected chi connectivity index (χ4v) is 3.77. The lowest BCUT2D eigenvalue weighted by atomic mass is 10.1. The van der Waals surface area contributed by atoms with Crippen LogP contribution in [-0.4, -0.2) is 30.7 Å². The minimum Gasteiger partial charge on any atom is -0.453 e. The van der Waals surface area contributed by atoms with Gasteiger partial charge in [-0.15, -0.1) is 0 Å². The third kappa shape index (κ3) is 5.64. The predicted molar refractivity (Wildman–Crippen MR) is 143 cm³/mol. The van der Waals surface area contributed by atoms with Crippen molar-refractivity contribution in [2.45, 2.75) is 19.8 Å². The summed E-state index contributed by atoms with van der Waals surface area (Å²) in [6, 6.07) is 16.8. The van der Waals surface area contributed by atoms with Gasteiger partial charge in [0, 0.05) is 29.8 Å². The van der Waals surface area contributed by atoms with E-state index >= 15 is 0 Å². The van der Waals surface area contributed by atoms with Gasteiger partial charge in [-0.1, -0.05) is 19.9 Å². The van der Waals surface area contributed by atoms with Crippen molar-refractivity contribution in [3.05, 3.63) is 101 Å². The van der Waals surface area contributed by atoms with E-state index in [1.165, 1.54) is 30.5 Å². The summed E-state index contributed by atoms with van der Waals surface area (Å²) in [4.78, 5) is 31.1. The Kier molecular flexibility index (Phi) is 6.83. The molecule has 2 aromatic carbocycles. The van der Waals surface area contributed by atoms with Crippen molar-refractivity contribution in [1.82, 2.24) is 19.7 Å². The lowest BCUT2D eigenvalue weighted by molar-refractivity contribution is -0.389. The zero-order valence-electron chi connectivity index (χ0n) is 20.8. The van der Waals surface area contributed by atoms with Crippen LogP contribution in [0.2, 0.25) is 0 Å². The Morgan fingerprint density at radius 2 is 1.85 bits per heavy atom. The molecular formula is C27H22FN7O4. The number of benzene rings is 2. The maximum atomic E-state index is 14.5. The summed E-state index contributed by atoms with van der Waals surface area (Å²) >= 11 is 0. The first-order valence-corrected chi connectivity index (χ1v) is 11.9. The summed E-state index contributed by atoms with van der Waals surface area (Å²) in [5.41, 5.74) is 2.17. The average molecular weight is 528 g/mol. The van der Waals surface area contributed by atoms with E-state index in [9.17, 15) is 19.3 Å². The highest BCUT2D eigenvalue weighted by Crippen LogP contribution is 2.28. The number of amides is 2. The fraction of sp³-hybridized carbons (Fsp3) is 0.111. The van der Waals surface area contributed by atoms with Gasteiger partial charge in [0.15, 0.2) is 11.9 Å². The van der Waals surface area contributed by atoms with Crippen molar-refractivity contribution < 1.29 is 18.8 Å². The molecule has 0 saturated heterocycles. The summed E-state index contributed by atoms with van der Waals surface area (Å²) in [6.45, 7) is 3.98. The number of nitrogens with one attached hydrogen (secondary N) is 2. The number of fused-ring (bicyclic) bond motifs is 1. The van der Waals surface area contributed by atoms with Crippen LogP contribution in [0.1, 0.15) is 25.5 Å². The SMILES string of the molecule is CC(C)c1cc(NC(=O)Nc2cc(Oc3ccc([N+](=O)[O-])nc3)ccc2F)n(-c2ccc3ncccc3c2)n1. The molecule has 0 aliphatic rings. The Hall–Kier alpha value is -5.39. The summed E-state index contributed by atoms with van der Waals surface area (Å²) < 4.78 is 21.8. The van der Waals surface area contributed by atoms with E-state index in [1.807, 2.05) is 44.2 Å². The first kappa shape index (κ1) is 25.3. The second kappa shape index (κ2) is 10.5. The maximum Gasteiger partial charge on any atom is 0.363 e. The third-order valence-electron chi connectivity index (χ3n) is 5.72. The van der Waals surface area contributed by atoms with E-state index in [2.05, 4.69) is 25.7 Å². The topological polar surface area (TPSA) is 137 Å². The second-order valence-electron chi connectivity index (χ2n) is 8.83. The van der Waals surface area contributed by atoms with Crippen LogP contribution in [0.15, 0.2) is 79.1 Å². The highest BCUT2D eigenvalue weighted by atomic mass is 19.1. The second-order valence-corrected chi connectivity index (χ2v) is 8.83. The third-order valence-corrected chi connectivity index (χ3v) is 5.72. The van der Waals surface area contributed by atoms with Gasteiger partial charge in [-0.25, -0.2) is 13.9 Å². The number of carbonyl (C=O) groups excluding carboxylic acids is 1. The molecule has 0 atom stereocenters. The largest absolute Gasteiger partial charge is 0.453 e. The number of halogens is 1. The van der Waals surface area contributed by atoms with Crippen molar-refractivity contribution in [2.75, 3.05) is 10.6 Å². The number of rotatable bonds is 7. The van der Waals surface area contributed by atoms with Crippen LogP contribution in [0.5, 0.6) is 11.5 Å². The molecule has 0 aliphatic carbocycles. The Balaban J connectivity index is 1.36. The summed E-state index contributed by atoms with van der Waals surface area (Å²) in [7, 11) is 0. The minimum atomic E-state index is -0.693. The first-order valence-electron chi connectivity index (χ1n) is 11.9. The van der Waals surface area contributed by atoms with Gasteiger partial charge in [0.2, 0.25) is 0 Å². The minimum absolute atomic E-state index is 0.0946. The van der Waals surface area contributed by atoms with Crippen LogP contribution in [0.25, 0.3) is 16.6 Å². The smallest absolute Gasteiger partial charge is 0.363 e. The molecule has 11 nitrogen and oxygen atoms in total. The van der Waals surface area contributed by atoms with Crippen molar-refractivity contribution in [3.8, 4) is 17.2 Å². The molecule has 3 aromatic heterocycles. The number of pyridine rings is 2. The van der Waals surface area contributed by atoms with Gasteiger partial charge in [-0.05, 0) is 58.3 Å². The van der Waals surface area contributed by atoms with Gasteiger partial charge in [-0.2, -0.15) is 5.10 Å². The molecule has 196 valence electrons. The van der Waals surface area contributed by atoms with Crippen LogP contribution in [0.3, 0.4) is 0 Å². The molecule has 0 spiro atoms. The number of hydrogen-bond donors (Lipinski definition) is 2. The predicted octanol–water partition coefficient (Wildman–Crippen LogP) is 6.42. The molecule has 2 amide bonds. The zero-order valence-corrected chi connectivity index (χ0v) is 20.8.